The van der Waals surface area contributed by atoms with Crippen molar-refractivity contribution in [2.24, 2.45) is 0 Å². The van der Waals surface area contributed by atoms with Gasteiger partial charge in [-0.2, -0.15) is 10.2 Å². The first-order chi connectivity index (χ1) is 7.61. The number of nitrogens with zero attached hydrogens (tertiary/aromatic N) is 4. The van der Waals surface area contributed by atoms with Crippen LogP contribution in [-0.2, 0) is 0 Å². The van der Waals surface area contributed by atoms with Crippen molar-refractivity contribution in [1.82, 2.24) is 20.0 Å². The first-order valence-corrected chi connectivity index (χ1v) is 4.75. The van der Waals surface area contributed by atoms with E-state index in [2.05, 4.69) is 15.3 Å². The molecule has 0 aliphatic rings. The zero-order valence-corrected chi connectivity index (χ0v) is 9.01. The largest absolute Gasteiger partial charge is 0.476 e. The Bertz CT molecular complexity index is 538. The number of hydrogen-bond donors (Lipinski definition) is 1. The average Bonchev–Trinajstić information content (AvgIpc) is 2.58. The molecule has 0 spiro atoms. The quantitative estimate of drug-likeness (QED) is 0.853. The molecule has 0 amide bonds. The molecule has 0 fully saturated rings. The summed E-state index contributed by atoms with van der Waals surface area (Å²) in [7, 11) is 0. The highest BCUT2D eigenvalue weighted by Gasteiger charge is 2.19. The standard InChI is InChI=1S/C9H7ClN4O2/c1-5-7(10)8(9(15)16)13-14(5)6-3-2-4-11-12-6/h2-4H,1H3,(H,15,16). The number of aromatic carboxylic acids is 1. The van der Waals surface area contributed by atoms with Crippen LogP contribution in [-0.4, -0.2) is 31.1 Å². The summed E-state index contributed by atoms with van der Waals surface area (Å²) in [5.41, 5.74) is 0.324. The Hall–Kier alpha value is -1.95. The number of carboxylic acids is 1. The van der Waals surface area contributed by atoms with E-state index in [-0.39, 0.29) is 10.7 Å². The van der Waals surface area contributed by atoms with Gasteiger partial charge in [0.05, 0.1) is 10.7 Å². The maximum Gasteiger partial charge on any atom is 0.358 e. The second-order valence-corrected chi connectivity index (χ2v) is 3.42. The van der Waals surface area contributed by atoms with Gasteiger partial charge in [-0.1, -0.05) is 11.6 Å². The van der Waals surface area contributed by atoms with E-state index in [4.69, 9.17) is 16.7 Å². The number of aromatic nitrogens is 4. The molecule has 0 saturated carbocycles. The van der Waals surface area contributed by atoms with Crippen molar-refractivity contribution in [2.75, 3.05) is 0 Å². The third-order valence-corrected chi connectivity index (χ3v) is 2.47. The Balaban J connectivity index is 2.60. The highest BCUT2D eigenvalue weighted by Crippen LogP contribution is 2.21. The van der Waals surface area contributed by atoms with Gasteiger partial charge in [0, 0.05) is 6.20 Å². The van der Waals surface area contributed by atoms with E-state index in [0.717, 1.165) is 0 Å². The van der Waals surface area contributed by atoms with Crippen LogP contribution in [0, 0.1) is 6.92 Å². The monoisotopic (exact) mass is 238 g/mol. The fourth-order valence-corrected chi connectivity index (χ4v) is 1.45. The van der Waals surface area contributed by atoms with Crippen LogP contribution in [0.5, 0.6) is 0 Å². The second kappa shape index (κ2) is 3.90. The summed E-state index contributed by atoms with van der Waals surface area (Å²) < 4.78 is 1.35. The van der Waals surface area contributed by atoms with Crippen LogP contribution in [0.25, 0.3) is 5.82 Å². The molecule has 0 unspecified atom stereocenters. The second-order valence-electron chi connectivity index (χ2n) is 3.05. The topological polar surface area (TPSA) is 80.9 Å². The summed E-state index contributed by atoms with van der Waals surface area (Å²) in [5.74, 6) is -0.745. The normalized spacial score (nSPS) is 10.4. The Morgan fingerprint density at radius 1 is 1.56 bits per heavy atom. The molecule has 2 aromatic rings. The van der Waals surface area contributed by atoms with E-state index >= 15 is 0 Å². The molecule has 82 valence electrons. The van der Waals surface area contributed by atoms with Crippen molar-refractivity contribution in [2.45, 2.75) is 6.92 Å². The van der Waals surface area contributed by atoms with Gasteiger partial charge in [0.25, 0.3) is 0 Å². The van der Waals surface area contributed by atoms with Crippen molar-refractivity contribution >= 4 is 17.6 Å². The van der Waals surface area contributed by atoms with Gasteiger partial charge >= 0.3 is 5.97 Å². The molecule has 7 heteroatoms. The van der Waals surface area contributed by atoms with Gasteiger partial charge in [0.2, 0.25) is 0 Å². The number of carbonyl (C=O) groups is 1. The minimum atomic E-state index is -1.17. The summed E-state index contributed by atoms with van der Waals surface area (Å²) in [6.45, 7) is 1.66. The lowest BCUT2D eigenvalue weighted by Gasteiger charge is -2.00. The molecule has 0 bridgehead atoms. The third kappa shape index (κ3) is 1.63. The molecule has 0 aliphatic heterocycles. The molecule has 0 aromatic carbocycles. The highest BCUT2D eigenvalue weighted by molar-refractivity contribution is 6.33. The van der Waals surface area contributed by atoms with Crippen molar-refractivity contribution in [1.29, 1.82) is 0 Å². The summed E-state index contributed by atoms with van der Waals surface area (Å²) in [5, 5.41) is 20.3. The maximum atomic E-state index is 10.8. The highest BCUT2D eigenvalue weighted by atomic mass is 35.5. The van der Waals surface area contributed by atoms with Gasteiger partial charge in [0.15, 0.2) is 11.5 Å². The SMILES string of the molecule is Cc1c(Cl)c(C(=O)O)nn1-c1cccnn1. The van der Waals surface area contributed by atoms with E-state index in [9.17, 15) is 4.79 Å². The van der Waals surface area contributed by atoms with Crippen LogP contribution in [0.4, 0.5) is 0 Å². The molecule has 16 heavy (non-hydrogen) atoms. The van der Waals surface area contributed by atoms with E-state index in [1.807, 2.05) is 0 Å². The summed E-state index contributed by atoms with van der Waals surface area (Å²) in [6.07, 6.45) is 1.52. The van der Waals surface area contributed by atoms with Gasteiger partial charge in [-0.05, 0) is 19.1 Å². The molecule has 0 radical (unpaired) electrons. The van der Waals surface area contributed by atoms with E-state index in [0.29, 0.717) is 11.5 Å². The molecule has 0 atom stereocenters. The van der Waals surface area contributed by atoms with Gasteiger partial charge in [-0.15, -0.1) is 5.10 Å². The van der Waals surface area contributed by atoms with E-state index < -0.39 is 5.97 Å². The van der Waals surface area contributed by atoms with Gasteiger partial charge < -0.3 is 5.11 Å². The fourth-order valence-electron chi connectivity index (χ4n) is 1.25. The first kappa shape index (κ1) is 10.6. The Labute approximate surface area is 95.5 Å². The molecule has 0 aliphatic carbocycles. The Morgan fingerprint density at radius 2 is 2.31 bits per heavy atom. The van der Waals surface area contributed by atoms with Crippen LogP contribution in [0.3, 0.4) is 0 Å². The minimum absolute atomic E-state index is 0.109. The number of carboxylic acid groups (broad SMARTS) is 1. The zero-order chi connectivity index (χ0) is 11.7. The smallest absolute Gasteiger partial charge is 0.358 e. The van der Waals surface area contributed by atoms with Crippen LogP contribution in [0.2, 0.25) is 5.02 Å². The van der Waals surface area contributed by atoms with E-state index in [1.165, 1.54) is 10.9 Å². The third-order valence-electron chi connectivity index (χ3n) is 2.02. The zero-order valence-electron chi connectivity index (χ0n) is 8.25. The average molecular weight is 239 g/mol. The van der Waals surface area contributed by atoms with Gasteiger partial charge in [-0.25, -0.2) is 9.48 Å². The molecule has 2 aromatic heterocycles. The minimum Gasteiger partial charge on any atom is -0.476 e. The van der Waals surface area contributed by atoms with Crippen LogP contribution in [0.1, 0.15) is 16.2 Å². The summed E-state index contributed by atoms with van der Waals surface area (Å²) in [4.78, 5) is 10.8. The van der Waals surface area contributed by atoms with Gasteiger partial charge in [0.1, 0.15) is 0 Å². The Kier molecular flexibility index (Phi) is 2.57. The number of hydrogen-bond acceptors (Lipinski definition) is 4. The van der Waals surface area contributed by atoms with Gasteiger partial charge in [-0.3, -0.25) is 0 Å². The van der Waals surface area contributed by atoms with Crippen molar-refractivity contribution in [3.8, 4) is 5.82 Å². The number of rotatable bonds is 2. The predicted octanol–water partition coefficient (Wildman–Crippen LogP) is 1.32. The predicted molar refractivity (Wildman–Crippen MR) is 55.9 cm³/mol. The van der Waals surface area contributed by atoms with Crippen LogP contribution >= 0.6 is 11.6 Å². The first-order valence-electron chi connectivity index (χ1n) is 4.37. The van der Waals surface area contributed by atoms with E-state index in [1.54, 1.807) is 19.1 Å². The summed E-state index contributed by atoms with van der Waals surface area (Å²) >= 11 is 5.85. The van der Waals surface area contributed by atoms with Crippen LogP contribution < -0.4 is 0 Å². The Morgan fingerprint density at radius 3 is 2.81 bits per heavy atom. The molecular weight excluding hydrogens is 232 g/mol. The molecule has 6 nitrogen and oxygen atoms in total. The molecule has 1 N–H and O–H groups in total. The lowest BCUT2D eigenvalue weighted by molar-refractivity contribution is 0.0690. The van der Waals surface area contributed by atoms with Crippen LogP contribution in [0.15, 0.2) is 18.3 Å². The lowest BCUT2D eigenvalue weighted by Crippen LogP contribution is -2.04. The molecule has 2 heterocycles. The number of halogens is 1. The summed E-state index contributed by atoms with van der Waals surface area (Å²) in [6, 6.07) is 3.34. The molecule has 2 rings (SSSR count). The molecular formula is C9H7ClN4O2. The molecule has 0 saturated heterocycles. The van der Waals surface area contributed by atoms with Crippen molar-refractivity contribution < 1.29 is 9.90 Å². The fraction of sp³-hybridized carbons (Fsp3) is 0.111. The van der Waals surface area contributed by atoms with Crippen molar-refractivity contribution in [3.63, 3.8) is 0 Å². The van der Waals surface area contributed by atoms with Crippen molar-refractivity contribution in [3.05, 3.63) is 34.7 Å². The maximum absolute atomic E-state index is 10.8. The lowest BCUT2D eigenvalue weighted by atomic mass is 10.4.